The molecule has 0 radical (unpaired) electrons. The highest BCUT2D eigenvalue weighted by molar-refractivity contribution is 5.94. The van der Waals surface area contributed by atoms with Gasteiger partial charge in [-0.2, -0.15) is 10.2 Å². The van der Waals surface area contributed by atoms with E-state index < -0.39 is 0 Å². The normalized spacial score (nSPS) is 23.0. The first-order chi connectivity index (χ1) is 11.6. The summed E-state index contributed by atoms with van der Waals surface area (Å²) in [5, 5.41) is 8.82. The molecule has 128 valence electrons. The van der Waals surface area contributed by atoms with Gasteiger partial charge >= 0.3 is 0 Å². The highest BCUT2D eigenvalue weighted by atomic mass is 16.5. The average Bonchev–Trinajstić information content (AvgIpc) is 3.17. The quantitative estimate of drug-likeness (QED) is 0.826. The first-order valence-electron chi connectivity index (χ1n) is 8.49. The molecule has 0 saturated carbocycles. The average molecular weight is 330 g/mol. The van der Waals surface area contributed by atoms with E-state index in [1.165, 1.54) is 0 Å². The number of aromatic nitrogens is 5. The van der Waals surface area contributed by atoms with E-state index >= 15 is 0 Å². The number of amides is 1. The summed E-state index contributed by atoms with van der Waals surface area (Å²) in [5.41, 5.74) is 2.65. The number of rotatable bonds is 2. The largest absolute Gasteiger partial charge is 0.369 e. The van der Waals surface area contributed by atoms with Crippen LogP contribution in [0, 0.1) is 0 Å². The third-order valence-electron chi connectivity index (χ3n) is 4.79. The van der Waals surface area contributed by atoms with Crippen molar-refractivity contribution in [3.05, 3.63) is 29.1 Å². The number of carbonyl (C=O) groups excluding carboxylic acids is 1. The molecule has 2 aromatic rings. The first kappa shape index (κ1) is 15.3. The predicted molar refractivity (Wildman–Crippen MR) is 85.3 cm³/mol. The van der Waals surface area contributed by atoms with Crippen molar-refractivity contribution in [2.75, 3.05) is 6.54 Å². The molecule has 0 aromatic carbocycles. The molecule has 2 aromatic heterocycles. The van der Waals surface area contributed by atoms with E-state index in [2.05, 4.69) is 15.2 Å². The Labute approximate surface area is 140 Å². The standard InChI is InChI=1S/C16H22N6O2/c1-4-21-15(12-7-10(2)24-11(3)14(12)19-21)16(23)20-5-6-22-13(8-20)17-9-18-22/h9-11H,4-8H2,1-3H3/t10-,11+/m0/s1. The van der Waals surface area contributed by atoms with Gasteiger partial charge in [0.1, 0.15) is 17.8 Å². The van der Waals surface area contributed by atoms with Crippen molar-refractivity contribution < 1.29 is 9.53 Å². The minimum atomic E-state index is -0.0763. The van der Waals surface area contributed by atoms with E-state index in [1.54, 1.807) is 6.33 Å². The van der Waals surface area contributed by atoms with Gasteiger partial charge in [-0.15, -0.1) is 0 Å². The molecule has 0 bridgehead atoms. The molecule has 0 saturated heterocycles. The Morgan fingerprint density at radius 3 is 3.00 bits per heavy atom. The van der Waals surface area contributed by atoms with Gasteiger partial charge in [-0.3, -0.25) is 9.48 Å². The zero-order chi connectivity index (χ0) is 16.8. The molecule has 0 spiro atoms. The first-order valence-corrected chi connectivity index (χ1v) is 8.49. The maximum atomic E-state index is 13.2. The molecule has 2 aliphatic rings. The Morgan fingerprint density at radius 2 is 2.21 bits per heavy atom. The van der Waals surface area contributed by atoms with Crippen LogP contribution in [0.3, 0.4) is 0 Å². The van der Waals surface area contributed by atoms with Crippen molar-refractivity contribution in [2.24, 2.45) is 0 Å². The van der Waals surface area contributed by atoms with Crippen molar-refractivity contribution in [3.63, 3.8) is 0 Å². The summed E-state index contributed by atoms with van der Waals surface area (Å²) in [6.45, 7) is 8.53. The van der Waals surface area contributed by atoms with Crippen LogP contribution in [0.2, 0.25) is 0 Å². The van der Waals surface area contributed by atoms with Gasteiger partial charge in [0.15, 0.2) is 0 Å². The van der Waals surface area contributed by atoms with Gasteiger partial charge in [0.25, 0.3) is 5.91 Å². The van der Waals surface area contributed by atoms with Crippen molar-refractivity contribution in [1.29, 1.82) is 0 Å². The lowest BCUT2D eigenvalue weighted by molar-refractivity contribution is -0.00717. The van der Waals surface area contributed by atoms with Crippen LogP contribution in [0.5, 0.6) is 0 Å². The SMILES string of the molecule is CCn1nc2c(c1C(=O)N1CCn3ncnc3C1)C[C@H](C)O[C@@H]2C. The molecule has 2 aliphatic heterocycles. The highest BCUT2D eigenvalue weighted by Gasteiger charge is 2.34. The molecule has 0 fully saturated rings. The molecule has 0 N–H and O–H groups in total. The molecule has 2 atom stereocenters. The van der Waals surface area contributed by atoms with Crippen molar-refractivity contribution >= 4 is 5.91 Å². The summed E-state index contributed by atoms with van der Waals surface area (Å²) in [5.74, 6) is 0.859. The molecule has 4 rings (SSSR count). The summed E-state index contributed by atoms with van der Waals surface area (Å²) in [6.07, 6.45) is 2.29. The maximum absolute atomic E-state index is 13.2. The van der Waals surface area contributed by atoms with E-state index in [9.17, 15) is 4.79 Å². The van der Waals surface area contributed by atoms with Crippen LogP contribution >= 0.6 is 0 Å². The lowest BCUT2D eigenvalue weighted by Gasteiger charge is -2.28. The molecule has 0 aliphatic carbocycles. The van der Waals surface area contributed by atoms with Gasteiger partial charge in [0.2, 0.25) is 0 Å². The molecule has 0 unspecified atom stereocenters. The lowest BCUT2D eigenvalue weighted by atomic mass is 9.99. The second kappa shape index (κ2) is 5.70. The minimum Gasteiger partial charge on any atom is -0.369 e. The predicted octanol–water partition coefficient (Wildman–Crippen LogP) is 1.17. The lowest BCUT2D eigenvalue weighted by Crippen LogP contribution is -2.40. The molecule has 24 heavy (non-hydrogen) atoms. The summed E-state index contributed by atoms with van der Waals surface area (Å²) < 4.78 is 9.54. The second-order valence-electron chi connectivity index (χ2n) is 6.45. The monoisotopic (exact) mass is 330 g/mol. The molecule has 1 amide bonds. The van der Waals surface area contributed by atoms with Crippen LogP contribution < -0.4 is 0 Å². The fourth-order valence-electron chi connectivity index (χ4n) is 3.65. The van der Waals surface area contributed by atoms with Gasteiger partial charge in [-0.25, -0.2) is 9.67 Å². The Morgan fingerprint density at radius 1 is 1.38 bits per heavy atom. The maximum Gasteiger partial charge on any atom is 0.272 e. The molecule has 4 heterocycles. The summed E-state index contributed by atoms with van der Waals surface area (Å²) in [4.78, 5) is 19.3. The molecule has 8 nitrogen and oxygen atoms in total. The van der Waals surface area contributed by atoms with E-state index in [-0.39, 0.29) is 18.1 Å². The van der Waals surface area contributed by atoms with Crippen LogP contribution in [-0.4, -0.2) is 48.0 Å². The molecular formula is C16H22N6O2. The number of fused-ring (bicyclic) bond motifs is 2. The zero-order valence-corrected chi connectivity index (χ0v) is 14.3. The van der Waals surface area contributed by atoms with Gasteiger partial charge in [-0.05, 0) is 20.8 Å². The Balaban J connectivity index is 1.70. The Kier molecular flexibility index (Phi) is 3.64. The summed E-state index contributed by atoms with van der Waals surface area (Å²) >= 11 is 0. The van der Waals surface area contributed by atoms with Crippen LogP contribution in [0.1, 0.15) is 54.4 Å². The molecule has 8 heteroatoms. The smallest absolute Gasteiger partial charge is 0.272 e. The highest BCUT2D eigenvalue weighted by Crippen LogP contribution is 2.32. The van der Waals surface area contributed by atoms with Crippen LogP contribution in [-0.2, 0) is 30.8 Å². The second-order valence-corrected chi connectivity index (χ2v) is 6.45. The number of nitrogens with zero attached hydrogens (tertiary/aromatic N) is 6. The summed E-state index contributed by atoms with van der Waals surface area (Å²) in [7, 11) is 0. The van der Waals surface area contributed by atoms with Crippen molar-refractivity contribution in [3.8, 4) is 0 Å². The Bertz CT molecular complexity index is 780. The number of carbonyl (C=O) groups is 1. The van der Waals surface area contributed by atoms with Gasteiger partial charge < -0.3 is 9.64 Å². The molecular weight excluding hydrogens is 308 g/mol. The van der Waals surface area contributed by atoms with E-state index in [0.29, 0.717) is 31.9 Å². The zero-order valence-electron chi connectivity index (χ0n) is 14.3. The van der Waals surface area contributed by atoms with E-state index in [0.717, 1.165) is 23.5 Å². The number of aryl methyl sites for hydroxylation is 1. The van der Waals surface area contributed by atoms with Gasteiger partial charge in [-0.1, -0.05) is 0 Å². The summed E-state index contributed by atoms with van der Waals surface area (Å²) in [6, 6.07) is 0. The van der Waals surface area contributed by atoms with Crippen molar-refractivity contribution in [2.45, 2.75) is 59.0 Å². The van der Waals surface area contributed by atoms with E-state index in [1.807, 2.05) is 35.0 Å². The van der Waals surface area contributed by atoms with Crippen LogP contribution in [0.4, 0.5) is 0 Å². The van der Waals surface area contributed by atoms with Gasteiger partial charge in [0.05, 0.1) is 31.0 Å². The van der Waals surface area contributed by atoms with Crippen molar-refractivity contribution in [1.82, 2.24) is 29.4 Å². The van der Waals surface area contributed by atoms with Crippen LogP contribution in [0.15, 0.2) is 6.33 Å². The number of ether oxygens (including phenoxy) is 1. The fourth-order valence-corrected chi connectivity index (χ4v) is 3.65. The third kappa shape index (κ3) is 2.32. The minimum absolute atomic E-state index is 0.0288. The third-order valence-corrected chi connectivity index (χ3v) is 4.79. The fraction of sp³-hybridized carbons (Fsp3) is 0.625. The topological polar surface area (TPSA) is 78.1 Å². The Hall–Kier alpha value is -2.22. The number of hydrogen-bond acceptors (Lipinski definition) is 5. The van der Waals surface area contributed by atoms with Gasteiger partial charge in [0, 0.05) is 25.1 Å². The van der Waals surface area contributed by atoms with Crippen LogP contribution in [0.25, 0.3) is 0 Å². The number of hydrogen-bond donors (Lipinski definition) is 0. The van der Waals surface area contributed by atoms with E-state index in [4.69, 9.17) is 4.74 Å².